The highest BCUT2D eigenvalue weighted by atomic mass is 16.3. The van der Waals surface area contributed by atoms with Crippen molar-refractivity contribution in [3.8, 4) is 22.5 Å². The van der Waals surface area contributed by atoms with E-state index in [1.165, 1.54) is 13.8 Å². The molecule has 6 aromatic rings. The molecule has 0 saturated heterocycles. The number of anilines is 2. The zero-order valence-corrected chi connectivity index (χ0v) is 30.0. The Morgan fingerprint density at radius 3 is 1.25 bits per heavy atom. The molecule has 2 unspecified atom stereocenters. The summed E-state index contributed by atoms with van der Waals surface area (Å²) in [6.07, 6.45) is 6.42. The van der Waals surface area contributed by atoms with Crippen LogP contribution in [-0.2, 0) is 20.8 Å². The lowest BCUT2D eigenvalue weighted by molar-refractivity contribution is -0.115. The van der Waals surface area contributed by atoms with Crippen molar-refractivity contribution in [1.82, 2.24) is 29.9 Å². The first-order valence-electron chi connectivity index (χ1n) is 17.0. The third-order valence-corrected chi connectivity index (χ3v) is 8.84. The van der Waals surface area contributed by atoms with Gasteiger partial charge < -0.3 is 30.8 Å². The number of hydrogen-bond donors (Lipinski definition) is 6. The third-order valence-electron chi connectivity index (χ3n) is 8.84. The van der Waals surface area contributed by atoms with Gasteiger partial charge in [0.25, 0.3) is 0 Å². The van der Waals surface area contributed by atoms with Gasteiger partial charge in [-0.15, -0.1) is 0 Å². The first kappa shape index (κ1) is 37.3. The summed E-state index contributed by atoms with van der Waals surface area (Å²) in [7, 11) is 0. The number of benzene rings is 2. The number of carbonyl (C=O) groups is 2. The van der Waals surface area contributed by atoms with Crippen LogP contribution in [0.25, 0.3) is 22.5 Å². The topological polar surface area (TPSA) is 182 Å². The third kappa shape index (κ3) is 8.14. The number of aromatic amines is 2. The summed E-state index contributed by atoms with van der Waals surface area (Å²) in [6.45, 7) is 10.8. The first-order chi connectivity index (χ1) is 24.8. The highest BCUT2D eigenvalue weighted by Crippen LogP contribution is 2.37. The SMILES string of the molecule is CC(=O)Nc1cccc(-c2ccc(C(O)(c3cnc[nH]3)C(C)C)cc2)n1.CC(=O)Nc1cccc(-c2ccc(C(O)(c3cnc[nH]3)C(C)C)cc2)n1. The van der Waals surface area contributed by atoms with Crippen LogP contribution in [0.5, 0.6) is 0 Å². The number of aromatic nitrogens is 6. The lowest BCUT2D eigenvalue weighted by Gasteiger charge is -2.31. The van der Waals surface area contributed by atoms with Gasteiger partial charge in [0.1, 0.15) is 22.8 Å². The lowest BCUT2D eigenvalue weighted by atomic mass is 9.80. The summed E-state index contributed by atoms with van der Waals surface area (Å²) in [5.74, 6) is 0.605. The molecule has 268 valence electrons. The largest absolute Gasteiger partial charge is 0.379 e. The summed E-state index contributed by atoms with van der Waals surface area (Å²) < 4.78 is 0. The van der Waals surface area contributed by atoms with Crippen molar-refractivity contribution in [2.75, 3.05) is 10.6 Å². The Morgan fingerprint density at radius 1 is 0.596 bits per heavy atom. The number of carbonyl (C=O) groups excluding carboxylic acids is 2. The van der Waals surface area contributed by atoms with E-state index < -0.39 is 11.2 Å². The number of hydrogen-bond acceptors (Lipinski definition) is 8. The molecule has 0 aliphatic rings. The molecule has 0 spiro atoms. The van der Waals surface area contributed by atoms with Gasteiger partial charge in [-0.2, -0.15) is 0 Å². The molecule has 6 N–H and O–H groups in total. The Hall–Kier alpha value is -5.98. The number of nitrogens with one attached hydrogen (secondary N) is 4. The molecule has 0 bridgehead atoms. The Kier molecular flexibility index (Phi) is 11.4. The van der Waals surface area contributed by atoms with E-state index in [0.29, 0.717) is 23.0 Å². The highest BCUT2D eigenvalue weighted by molar-refractivity contribution is 5.88. The minimum atomic E-state index is -1.15. The predicted molar refractivity (Wildman–Crippen MR) is 201 cm³/mol. The van der Waals surface area contributed by atoms with Crippen molar-refractivity contribution in [2.45, 2.75) is 52.7 Å². The van der Waals surface area contributed by atoms with Crippen LogP contribution in [0.2, 0.25) is 0 Å². The van der Waals surface area contributed by atoms with Gasteiger partial charge in [-0.05, 0) is 47.2 Å². The van der Waals surface area contributed by atoms with Crippen LogP contribution in [0.1, 0.15) is 64.1 Å². The van der Waals surface area contributed by atoms with E-state index in [2.05, 4.69) is 40.5 Å². The molecule has 0 aliphatic carbocycles. The van der Waals surface area contributed by atoms with Crippen molar-refractivity contribution in [1.29, 1.82) is 0 Å². The standard InChI is InChI=1S/2C20H22N4O2/c2*1-13(2)20(26,18-11-21-12-22-18)16-9-7-15(8-10-16)17-5-4-6-19(24-17)23-14(3)25/h2*4-13,26H,1-3H3,(H,21,22)(H,23,24,25). The average molecular weight is 701 g/mol. The Bertz CT molecular complexity index is 1930. The maximum atomic E-state index is 11.3. The molecule has 12 heteroatoms. The van der Waals surface area contributed by atoms with E-state index >= 15 is 0 Å². The second-order valence-corrected chi connectivity index (χ2v) is 13.1. The van der Waals surface area contributed by atoms with E-state index in [1.807, 2.05) is 100 Å². The normalized spacial score (nSPS) is 13.4. The van der Waals surface area contributed by atoms with Crippen LogP contribution < -0.4 is 10.6 Å². The van der Waals surface area contributed by atoms with E-state index in [-0.39, 0.29) is 23.7 Å². The van der Waals surface area contributed by atoms with Crippen molar-refractivity contribution < 1.29 is 19.8 Å². The molecular weight excluding hydrogens is 656 g/mol. The fourth-order valence-electron chi connectivity index (χ4n) is 6.01. The van der Waals surface area contributed by atoms with Crippen LogP contribution in [-0.4, -0.2) is 51.9 Å². The lowest BCUT2D eigenvalue weighted by Crippen LogP contribution is -2.33. The number of nitrogens with zero attached hydrogens (tertiary/aromatic N) is 4. The van der Waals surface area contributed by atoms with E-state index in [0.717, 1.165) is 33.6 Å². The molecule has 4 aromatic heterocycles. The Labute approximate surface area is 302 Å². The number of amides is 2. The van der Waals surface area contributed by atoms with Gasteiger partial charge >= 0.3 is 0 Å². The van der Waals surface area contributed by atoms with Crippen LogP contribution in [0.15, 0.2) is 110 Å². The second-order valence-electron chi connectivity index (χ2n) is 13.1. The molecule has 2 amide bonds. The zero-order chi connectivity index (χ0) is 37.5. The highest BCUT2D eigenvalue weighted by Gasteiger charge is 2.37. The quantitative estimate of drug-likeness (QED) is 0.0919. The molecule has 12 nitrogen and oxygen atoms in total. The fraction of sp³-hybridized carbons (Fsp3) is 0.250. The van der Waals surface area contributed by atoms with Gasteiger partial charge in [0.15, 0.2) is 0 Å². The van der Waals surface area contributed by atoms with Crippen molar-refractivity contribution in [3.63, 3.8) is 0 Å². The van der Waals surface area contributed by atoms with Crippen LogP contribution in [0, 0.1) is 11.8 Å². The number of H-pyrrole nitrogens is 2. The van der Waals surface area contributed by atoms with Gasteiger partial charge in [-0.25, -0.2) is 19.9 Å². The van der Waals surface area contributed by atoms with Gasteiger partial charge in [0, 0.05) is 25.0 Å². The van der Waals surface area contributed by atoms with Crippen molar-refractivity contribution in [3.05, 3.63) is 132 Å². The van der Waals surface area contributed by atoms with E-state index in [4.69, 9.17) is 0 Å². The summed E-state index contributed by atoms with van der Waals surface area (Å²) in [5, 5.41) is 27.9. The summed E-state index contributed by atoms with van der Waals surface area (Å²) in [4.78, 5) is 45.4. The van der Waals surface area contributed by atoms with Gasteiger partial charge in [0.2, 0.25) is 11.8 Å². The molecule has 52 heavy (non-hydrogen) atoms. The molecule has 0 aliphatic heterocycles. The molecule has 0 radical (unpaired) electrons. The van der Waals surface area contributed by atoms with E-state index in [9.17, 15) is 19.8 Å². The van der Waals surface area contributed by atoms with Crippen LogP contribution in [0.4, 0.5) is 11.6 Å². The second kappa shape index (κ2) is 15.9. The molecule has 2 atom stereocenters. The molecule has 0 fully saturated rings. The summed E-state index contributed by atoms with van der Waals surface area (Å²) in [6, 6.07) is 26.2. The molecule has 6 rings (SSSR count). The smallest absolute Gasteiger partial charge is 0.222 e. The summed E-state index contributed by atoms with van der Waals surface area (Å²) >= 11 is 0. The number of pyridine rings is 2. The molecule has 4 heterocycles. The van der Waals surface area contributed by atoms with Gasteiger partial charge in [-0.1, -0.05) is 88.4 Å². The van der Waals surface area contributed by atoms with E-state index in [1.54, 1.807) is 37.2 Å². The maximum absolute atomic E-state index is 11.3. The van der Waals surface area contributed by atoms with Crippen molar-refractivity contribution >= 4 is 23.5 Å². The van der Waals surface area contributed by atoms with Gasteiger partial charge in [-0.3, -0.25) is 9.59 Å². The van der Waals surface area contributed by atoms with Gasteiger partial charge in [0.05, 0.1) is 47.8 Å². The zero-order valence-electron chi connectivity index (χ0n) is 30.0. The first-order valence-corrected chi connectivity index (χ1v) is 17.0. The average Bonchev–Trinajstić information content (AvgIpc) is 3.87. The minimum absolute atomic E-state index is 0.0463. The monoisotopic (exact) mass is 700 g/mol. The fourth-order valence-corrected chi connectivity index (χ4v) is 6.01. The predicted octanol–water partition coefficient (Wildman–Crippen LogP) is 6.64. The Balaban J connectivity index is 0.000000201. The molecular formula is C40H44N8O4. The Morgan fingerprint density at radius 2 is 0.962 bits per heavy atom. The van der Waals surface area contributed by atoms with Crippen LogP contribution >= 0.6 is 0 Å². The number of rotatable bonds is 10. The minimum Gasteiger partial charge on any atom is -0.379 e. The summed E-state index contributed by atoms with van der Waals surface area (Å²) in [5.41, 5.74) is 3.86. The van der Waals surface area contributed by atoms with Crippen molar-refractivity contribution in [2.24, 2.45) is 11.8 Å². The molecule has 2 aromatic carbocycles. The molecule has 0 saturated carbocycles. The number of aliphatic hydroxyl groups is 2. The van der Waals surface area contributed by atoms with Crippen LogP contribution in [0.3, 0.4) is 0 Å². The number of imidazole rings is 2. The maximum Gasteiger partial charge on any atom is 0.222 e.